The Kier molecular flexibility index (Phi) is 3.27. The van der Waals surface area contributed by atoms with E-state index in [4.69, 9.17) is 14.0 Å². The van der Waals surface area contributed by atoms with Gasteiger partial charge >= 0.3 is 0 Å². The molecular weight excluding hydrogens is 320 g/mol. The SMILES string of the molecule is Cc1nocc1C(=O)N1C[C@H]2CCC[C@@]2(c2nc(CC3CC3)no2)C1. The number of aryl methyl sites for hydroxylation is 1. The van der Waals surface area contributed by atoms with E-state index in [1.54, 1.807) is 6.92 Å². The third-order valence-corrected chi connectivity index (χ3v) is 6.20. The van der Waals surface area contributed by atoms with Crippen LogP contribution in [0.5, 0.6) is 0 Å². The molecule has 25 heavy (non-hydrogen) atoms. The molecule has 132 valence electrons. The number of hydrogen-bond donors (Lipinski definition) is 0. The van der Waals surface area contributed by atoms with Crippen LogP contribution in [0.2, 0.25) is 0 Å². The van der Waals surface area contributed by atoms with Crippen LogP contribution in [0, 0.1) is 18.8 Å². The quantitative estimate of drug-likeness (QED) is 0.849. The first kappa shape index (κ1) is 15.1. The highest BCUT2D eigenvalue weighted by molar-refractivity contribution is 5.95. The fraction of sp³-hybridized carbons (Fsp3) is 0.667. The number of amides is 1. The van der Waals surface area contributed by atoms with Gasteiger partial charge in [-0.2, -0.15) is 4.98 Å². The fourth-order valence-electron chi connectivity index (χ4n) is 4.58. The van der Waals surface area contributed by atoms with Crippen LogP contribution in [0.25, 0.3) is 0 Å². The number of nitrogens with zero attached hydrogens (tertiary/aromatic N) is 4. The van der Waals surface area contributed by atoms with Crippen molar-refractivity contribution in [3.05, 3.63) is 29.2 Å². The molecule has 0 bridgehead atoms. The Hall–Kier alpha value is -2.18. The van der Waals surface area contributed by atoms with Gasteiger partial charge in [0, 0.05) is 19.5 Å². The second-order valence-electron chi connectivity index (χ2n) is 7.91. The molecule has 2 aromatic heterocycles. The number of fused-ring (bicyclic) bond motifs is 1. The van der Waals surface area contributed by atoms with Crippen molar-refractivity contribution in [3.8, 4) is 0 Å². The molecule has 7 heteroatoms. The van der Waals surface area contributed by atoms with Crippen LogP contribution in [0.4, 0.5) is 0 Å². The van der Waals surface area contributed by atoms with Crippen molar-refractivity contribution in [2.75, 3.05) is 13.1 Å². The topological polar surface area (TPSA) is 85.3 Å². The van der Waals surface area contributed by atoms with Crippen molar-refractivity contribution in [1.29, 1.82) is 0 Å². The molecule has 3 heterocycles. The van der Waals surface area contributed by atoms with E-state index < -0.39 is 0 Å². The van der Waals surface area contributed by atoms with E-state index in [9.17, 15) is 4.79 Å². The summed E-state index contributed by atoms with van der Waals surface area (Å²) in [6.45, 7) is 3.18. The minimum absolute atomic E-state index is 0.00903. The minimum atomic E-state index is -0.171. The number of rotatable bonds is 4. The Bertz CT molecular complexity index is 809. The minimum Gasteiger partial charge on any atom is -0.364 e. The van der Waals surface area contributed by atoms with Gasteiger partial charge in [-0.1, -0.05) is 16.7 Å². The third kappa shape index (κ3) is 2.40. The largest absolute Gasteiger partial charge is 0.364 e. The van der Waals surface area contributed by atoms with E-state index in [0.717, 1.165) is 49.9 Å². The Balaban J connectivity index is 1.41. The van der Waals surface area contributed by atoms with E-state index >= 15 is 0 Å². The van der Waals surface area contributed by atoms with Crippen molar-refractivity contribution in [2.24, 2.45) is 11.8 Å². The first-order valence-corrected chi connectivity index (χ1v) is 9.19. The van der Waals surface area contributed by atoms with Crippen LogP contribution < -0.4 is 0 Å². The molecule has 0 unspecified atom stereocenters. The lowest BCUT2D eigenvalue weighted by Crippen LogP contribution is -2.35. The van der Waals surface area contributed by atoms with Gasteiger partial charge in [0.25, 0.3) is 5.91 Å². The highest BCUT2D eigenvalue weighted by Gasteiger charge is 2.55. The van der Waals surface area contributed by atoms with Gasteiger partial charge in [-0.05, 0) is 44.4 Å². The smallest absolute Gasteiger partial charge is 0.259 e. The molecule has 2 atom stereocenters. The highest BCUT2D eigenvalue weighted by Crippen LogP contribution is 2.50. The van der Waals surface area contributed by atoms with Crippen molar-refractivity contribution in [1.82, 2.24) is 20.2 Å². The van der Waals surface area contributed by atoms with Crippen molar-refractivity contribution in [2.45, 2.75) is 50.9 Å². The molecule has 1 saturated heterocycles. The summed E-state index contributed by atoms with van der Waals surface area (Å²) in [5.74, 6) is 2.69. The summed E-state index contributed by atoms with van der Waals surface area (Å²) in [7, 11) is 0. The van der Waals surface area contributed by atoms with Crippen LogP contribution >= 0.6 is 0 Å². The normalized spacial score (nSPS) is 28.5. The molecule has 2 saturated carbocycles. The first-order valence-electron chi connectivity index (χ1n) is 9.19. The van der Waals surface area contributed by atoms with Crippen LogP contribution in [0.1, 0.15) is 59.9 Å². The summed E-state index contributed by atoms with van der Waals surface area (Å²) < 4.78 is 10.6. The van der Waals surface area contributed by atoms with Gasteiger partial charge in [0.15, 0.2) is 5.82 Å². The van der Waals surface area contributed by atoms with Gasteiger partial charge in [-0.25, -0.2) is 0 Å². The standard InChI is InChI=1S/C18H22N4O3/c1-11-14(9-24-20-11)16(23)22-8-13-3-2-6-18(13,10-22)17-19-15(21-25-17)7-12-4-5-12/h9,12-13H,2-8,10H2,1H3/t13-,18-/m1/s1. The molecule has 1 aliphatic heterocycles. The van der Waals surface area contributed by atoms with E-state index in [0.29, 0.717) is 23.7 Å². The number of hydrogen-bond acceptors (Lipinski definition) is 6. The molecule has 0 N–H and O–H groups in total. The molecule has 5 rings (SSSR count). The summed E-state index contributed by atoms with van der Waals surface area (Å²) in [5, 5.41) is 8.05. The van der Waals surface area contributed by atoms with E-state index in [-0.39, 0.29) is 11.3 Å². The van der Waals surface area contributed by atoms with E-state index in [1.165, 1.54) is 19.1 Å². The molecule has 0 spiro atoms. The van der Waals surface area contributed by atoms with Gasteiger partial charge in [0.1, 0.15) is 11.8 Å². The first-order chi connectivity index (χ1) is 12.2. The molecule has 2 aromatic rings. The summed E-state index contributed by atoms with van der Waals surface area (Å²) in [6, 6.07) is 0. The van der Waals surface area contributed by atoms with Gasteiger partial charge in [0.05, 0.1) is 11.1 Å². The monoisotopic (exact) mass is 342 g/mol. The lowest BCUT2D eigenvalue weighted by Gasteiger charge is -2.24. The molecule has 3 fully saturated rings. The Labute approximate surface area is 145 Å². The maximum Gasteiger partial charge on any atom is 0.259 e. The summed E-state index contributed by atoms with van der Waals surface area (Å²) in [4.78, 5) is 19.5. The predicted molar refractivity (Wildman–Crippen MR) is 86.9 cm³/mol. The second-order valence-corrected chi connectivity index (χ2v) is 7.91. The lowest BCUT2D eigenvalue weighted by molar-refractivity contribution is 0.0773. The summed E-state index contributed by atoms with van der Waals surface area (Å²) in [6.07, 6.45) is 8.18. The Morgan fingerprint density at radius 1 is 1.36 bits per heavy atom. The maximum absolute atomic E-state index is 12.9. The average Bonchev–Trinajstić information content (AvgIpc) is 2.99. The number of carbonyl (C=O) groups is 1. The predicted octanol–water partition coefficient (Wildman–Crippen LogP) is 2.51. The Morgan fingerprint density at radius 2 is 2.24 bits per heavy atom. The Morgan fingerprint density at radius 3 is 3.00 bits per heavy atom. The highest BCUT2D eigenvalue weighted by atomic mass is 16.5. The molecular formula is C18H22N4O3. The number of carbonyl (C=O) groups excluding carboxylic acids is 1. The molecule has 7 nitrogen and oxygen atoms in total. The van der Waals surface area contributed by atoms with Gasteiger partial charge in [0.2, 0.25) is 5.89 Å². The van der Waals surface area contributed by atoms with Crippen LogP contribution in [0.3, 0.4) is 0 Å². The zero-order valence-corrected chi connectivity index (χ0v) is 14.4. The van der Waals surface area contributed by atoms with Crippen molar-refractivity contribution in [3.63, 3.8) is 0 Å². The van der Waals surface area contributed by atoms with Gasteiger partial charge < -0.3 is 13.9 Å². The number of aromatic nitrogens is 3. The van der Waals surface area contributed by atoms with E-state index in [2.05, 4.69) is 10.3 Å². The summed E-state index contributed by atoms with van der Waals surface area (Å²) in [5.41, 5.74) is 1.02. The van der Waals surface area contributed by atoms with Gasteiger partial charge in [-0.3, -0.25) is 4.79 Å². The van der Waals surface area contributed by atoms with Crippen LogP contribution in [0.15, 0.2) is 15.3 Å². The second kappa shape index (κ2) is 5.41. The third-order valence-electron chi connectivity index (χ3n) is 6.20. The zero-order chi connectivity index (χ0) is 17.0. The zero-order valence-electron chi connectivity index (χ0n) is 14.4. The average molecular weight is 342 g/mol. The molecule has 0 aromatic carbocycles. The maximum atomic E-state index is 12.9. The van der Waals surface area contributed by atoms with Crippen molar-refractivity contribution >= 4 is 5.91 Å². The number of likely N-dealkylation sites (tertiary alicyclic amines) is 1. The molecule has 1 amide bonds. The van der Waals surface area contributed by atoms with E-state index in [1.807, 2.05) is 4.90 Å². The fourth-order valence-corrected chi connectivity index (χ4v) is 4.58. The van der Waals surface area contributed by atoms with Crippen LogP contribution in [-0.4, -0.2) is 39.2 Å². The van der Waals surface area contributed by atoms with Crippen LogP contribution in [-0.2, 0) is 11.8 Å². The summed E-state index contributed by atoms with van der Waals surface area (Å²) >= 11 is 0. The molecule has 2 aliphatic carbocycles. The van der Waals surface area contributed by atoms with Crippen molar-refractivity contribution < 1.29 is 13.8 Å². The van der Waals surface area contributed by atoms with Gasteiger partial charge in [-0.15, -0.1) is 0 Å². The molecule has 0 radical (unpaired) electrons. The lowest BCUT2D eigenvalue weighted by atomic mass is 9.80. The molecule has 3 aliphatic rings.